The van der Waals surface area contributed by atoms with Crippen LogP contribution in [0, 0.1) is 0 Å². The van der Waals surface area contributed by atoms with E-state index in [2.05, 4.69) is 25.8 Å². The number of thioether (sulfide) groups is 3. The number of benzene rings is 3. The lowest BCUT2D eigenvalue weighted by molar-refractivity contribution is -0.150. The van der Waals surface area contributed by atoms with Crippen molar-refractivity contribution in [3.05, 3.63) is 152 Å². The van der Waals surface area contributed by atoms with Crippen LogP contribution in [0.3, 0.4) is 0 Å². The van der Waals surface area contributed by atoms with E-state index in [4.69, 9.17) is 26.9 Å². The second kappa shape index (κ2) is 19.5. The highest BCUT2D eigenvalue weighted by atomic mass is 35.5. The second-order valence-corrected chi connectivity index (χ2v) is 20.2. The molecule has 1 saturated heterocycles. The van der Waals surface area contributed by atoms with E-state index in [0.717, 1.165) is 11.3 Å². The Hall–Kier alpha value is -5.53. The van der Waals surface area contributed by atoms with Crippen LogP contribution in [0.25, 0.3) is 0 Å². The van der Waals surface area contributed by atoms with Gasteiger partial charge in [0.2, 0.25) is 5.60 Å². The van der Waals surface area contributed by atoms with Crippen LogP contribution < -0.4 is 16.4 Å². The third kappa shape index (κ3) is 9.84. The SMILES string of the molecule is CCSC(NC(=O)OC(C)(C)C)c1cnccc1SC1=C(C(=O)O)N2C(=O)[C@@H](NC(=O)/C(=N\OC(c3ccccc3)(c3ccccc3)c3ccccc3)c3nc(N)sc3Cl)[C@@H]2SC1. The monoisotopic (exact) mass is 943 g/mol. The van der Waals surface area contributed by atoms with Crippen molar-refractivity contribution >= 4 is 92.9 Å². The number of hydrogen-bond donors (Lipinski definition) is 4. The molecule has 14 nitrogen and oxygen atoms in total. The molecule has 2 aliphatic rings. The highest BCUT2D eigenvalue weighted by Gasteiger charge is 2.55. The largest absolute Gasteiger partial charge is 0.477 e. The molecule has 2 aromatic heterocycles. The van der Waals surface area contributed by atoms with Crippen molar-refractivity contribution in [1.29, 1.82) is 0 Å². The Labute approximate surface area is 385 Å². The summed E-state index contributed by atoms with van der Waals surface area (Å²) in [5.74, 6) is -1.98. The standard InChI is InChI=1S/C44H42ClN7O7S4/c1-5-60-37(50-42(57)58-43(2,3)4)28-23-47-22-21-29(28)62-30-24-61-39-33(38(54)52(39)34(30)40(55)56)48-36(53)32(31-35(45)63-41(46)49-31)51-59-44(25-15-9-6-10-16-25,26-17-11-7-12-18-26)27-19-13-8-14-20-27/h6-23,33,37,39H,5,24H2,1-4H3,(H2,46,49)(H,48,53)(H,50,57)(H,55,56)/b51-32-/t33-,37?,39+/m1/s1. The lowest BCUT2D eigenvalue weighted by Gasteiger charge is -2.49. The van der Waals surface area contributed by atoms with E-state index >= 15 is 0 Å². The average Bonchev–Trinajstić information content (AvgIpc) is 3.60. The van der Waals surface area contributed by atoms with Crippen LogP contribution in [-0.4, -0.2) is 78.1 Å². The molecule has 0 aliphatic carbocycles. The lowest BCUT2D eigenvalue weighted by atomic mass is 9.80. The van der Waals surface area contributed by atoms with Crippen molar-refractivity contribution < 1.29 is 33.9 Å². The Kier molecular flexibility index (Phi) is 14.1. The fraction of sp³-hybridized carbons (Fsp3) is 0.250. The van der Waals surface area contributed by atoms with E-state index in [1.54, 1.807) is 39.2 Å². The molecule has 5 aromatic rings. The van der Waals surface area contributed by atoms with Gasteiger partial charge < -0.3 is 31.0 Å². The van der Waals surface area contributed by atoms with E-state index in [1.807, 2.05) is 97.9 Å². The number of thiazole rings is 1. The predicted molar refractivity (Wildman–Crippen MR) is 248 cm³/mol. The number of nitrogens with one attached hydrogen (secondary N) is 2. The second-order valence-electron chi connectivity index (χ2n) is 14.9. The summed E-state index contributed by atoms with van der Waals surface area (Å²) in [6.45, 7) is 7.25. The molecule has 1 fully saturated rings. The third-order valence-corrected chi connectivity index (χ3v) is 14.3. The number of carboxylic acids is 1. The molecule has 5 N–H and O–H groups in total. The van der Waals surface area contributed by atoms with Crippen molar-refractivity contribution in [3.63, 3.8) is 0 Å². The van der Waals surface area contributed by atoms with Gasteiger partial charge in [-0.15, -0.1) is 23.5 Å². The lowest BCUT2D eigenvalue weighted by Crippen LogP contribution is -2.71. The van der Waals surface area contributed by atoms with Gasteiger partial charge >= 0.3 is 12.1 Å². The van der Waals surface area contributed by atoms with Crippen molar-refractivity contribution in [1.82, 2.24) is 25.5 Å². The molecule has 326 valence electrons. The number of oxime groups is 1. The van der Waals surface area contributed by atoms with E-state index in [9.17, 15) is 24.3 Å². The number of anilines is 1. The van der Waals surface area contributed by atoms with Crippen LogP contribution in [-0.2, 0) is 29.6 Å². The van der Waals surface area contributed by atoms with Crippen LogP contribution in [0.1, 0.15) is 61.0 Å². The van der Waals surface area contributed by atoms with Crippen molar-refractivity contribution in [2.75, 3.05) is 17.2 Å². The number of nitrogens with zero attached hydrogens (tertiary/aromatic N) is 4. The maximum absolute atomic E-state index is 14.5. The molecule has 0 radical (unpaired) electrons. The van der Waals surface area contributed by atoms with Gasteiger partial charge in [0.1, 0.15) is 38.1 Å². The number of halogens is 1. The first kappa shape index (κ1) is 45.5. The molecular formula is C44H42ClN7O7S4. The number of carbonyl (C=O) groups excluding carboxylic acids is 3. The first-order valence-corrected chi connectivity index (χ1v) is 23.6. The Morgan fingerprint density at radius 2 is 1.60 bits per heavy atom. The number of ether oxygens (including phenoxy) is 1. The molecular weight excluding hydrogens is 902 g/mol. The number of rotatable bonds is 15. The number of nitrogens with two attached hydrogens (primary N) is 1. The van der Waals surface area contributed by atoms with Gasteiger partial charge in [-0.1, -0.05) is 138 Å². The van der Waals surface area contributed by atoms with Crippen LogP contribution >= 0.6 is 58.2 Å². The fourth-order valence-electron chi connectivity index (χ4n) is 6.93. The van der Waals surface area contributed by atoms with Crippen molar-refractivity contribution in [2.24, 2.45) is 5.16 Å². The van der Waals surface area contributed by atoms with Gasteiger partial charge in [0.15, 0.2) is 10.8 Å². The molecule has 0 bridgehead atoms. The number of alkyl carbamates (subject to hydrolysis) is 1. The van der Waals surface area contributed by atoms with Gasteiger partial charge in [-0.25, -0.2) is 14.6 Å². The predicted octanol–water partition coefficient (Wildman–Crippen LogP) is 8.25. The topological polar surface area (TPSA) is 198 Å². The van der Waals surface area contributed by atoms with Crippen LogP contribution in [0.5, 0.6) is 0 Å². The number of aromatic nitrogens is 2. The van der Waals surface area contributed by atoms with Gasteiger partial charge in [-0.2, -0.15) is 0 Å². The first-order valence-electron chi connectivity index (χ1n) is 19.5. The van der Waals surface area contributed by atoms with E-state index in [-0.39, 0.29) is 32.3 Å². The maximum Gasteiger partial charge on any atom is 0.408 e. The third-order valence-electron chi connectivity index (χ3n) is 9.59. The Morgan fingerprint density at radius 3 is 2.13 bits per heavy atom. The highest BCUT2D eigenvalue weighted by Crippen LogP contribution is 2.47. The van der Waals surface area contributed by atoms with E-state index < -0.39 is 51.9 Å². The van der Waals surface area contributed by atoms with Crippen LogP contribution in [0.2, 0.25) is 4.34 Å². The zero-order valence-corrected chi connectivity index (χ0v) is 38.3. The minimum atomic E-state index is -1.38. The maximum atomic E-state index is 14.5. The van der Waals surface area contributed by atoms with Crippen LogP contribution in [0.15, 0.2) is 130 Å². The molecule has 3 amide bonds. The van der Waals surface area contributed by atoms with Gasteiger partial charge in [0.25, 0.3) is 11.8 Å². The summed E-state index contributed by atoms with van der Waals surface area (Å²) >= 11 is 11.5. The van der Waals surface area contributed by atoms with Gasteiger partial charge in [-0.05, 0) is 32.6 Å². The number of β-lactam (4-membered cyclic amide) rings is 1. The molecule has 2 aliphatic heterocycles. The molecule has 4 heterocycles. The van der Waals surface area contributed by atoms with Gasteiger partial charge in [0, 0.05) is 50.2 Å². The zero-order chi connectivity index (χ0) is 44.9. The number of hydrogen-bond acceptors (Lipinski definition) is 14. The molecule has 63 heavy (non-hydrogen) atoms. The molecule has 0 saturated carbocycles. The number of carbonyl (C=O) groups is 4. The fourth-order valence-corrected chi connectivity index (χ4v) is 11.4. The quantitative estimate of drug-likeness (QED) is 0.0258. The number of carboxylic acid groups (broad SMARTS) is 1. The summed E-state index contributed by atoms with van der Waals surface area (Å²) in [5, 5.41) is 19.5. The van der Waals surface area contributed by atoms with Crippen molar-refractivity contribution in [2.45, 2.75) is 60.6 Å². The smallest absolute Gasteiger partial charge is 0.408 e. The minimum Gasteiger partial charge on any atom is -0.477 e. The molecule has 19 heteroatoms. The number of amides is 3. The van der Waals surface area contributed by atoms with E-state index in [0.29, 0.717) is 37.8 Å². The van der Waals surface area contributed by atoms with Crippen LogP contribution in [0.4, 0.5) is 9.93 Å². The highest BCUT2D eigenvalue weighted by molar-refractivity contribution is 8.06. The summed E-state index contributed by atoms with van der Waals surface area (Å²) in [4.78, 5) is 71.7. The number of aliphatic carboxylic acids is 1. The summed E-state index contributed by atoms with van der Waals surface area (Å²) < 4.78 is 5.57. The van der Waals surface area contributed by atoms with Gasteiger partial charge in [0.05, 0.1) is 0 Å². The zero-order valence-electron chi connectivity index (χ0n) is 34.3. The summed E-state index contributed by atoms with van der Waals surface area (Å²) in [6.07, 6.45) is 2.57. The number of fused-ring (bicyclic) bond motifs is 1. The number of nitrogen functional groups attached to an aromatic ring is 1. The molecule has 1 unspecified atom stereocenters. The summed E-state index contributed by atoms with van der Waals surface area (Å²) in [5.41, 5.74) is 6.09. The number of pyridine rings is 1. The minimum absolute atomic E-state index is 0.0571. The average molecular weight is 945 g/mol. The molecule has 7 rings (SSSR count). The summed E-state index contributed by atoms with van der Waals surface area (Å²) in [6, 6.07) is 28.8. The molecule has 0 spiro atoms. The Bertz CT molecular complexity index is 2460. The summed E-state index contributed by atoms with van der Waals surface area (Å²) in [7, 11) is 0. The van der Waals surface area contributed by atoms with Crippen molar-refractivity contribution in [3.8, 4) is 0 Å². The molecule has 3 atom stereocenters. The Balaban J connectivity index is 1.19. The first-order chi connectivity index (χ1) is 30.2. The normalized spacial score (nSPS) is 17.0. The van der Waals surface area contributed by atoms with Gasteiger partial charge in [-0.3, -0.25) is 19.5 Å². The molecule has 3 aromatic carbocycles. The van der Waals surface area contributed by atoms with E-state index in [1.165, 1.54) is 40.2 Å². The Morgan fingerprint density at radius 1 is 1.00 bits per heavy atom.